The third kappa shape index (κ3) is 3.90. The maximum Gasteiger partial charge on any atom is 0.228 e. The number of anilines is 2. The van der Waals surface area contributed by atoms with E-state index in [2.05, 4.69) is 22.3 Å². The Kier molecular flexibility index (Phi) is 5.27. The zero-order chi connectivity index (χ0) is 19.6. The number of aromatic nitrogens is 2. The number of fused-ring (bicyclic) bond motifs is 1. The van der Waals surface area contributed by atoms with Crippen LogP contribution in [0.5, 0.6) is 0 Å². The smallest absolute Gasteiger partial charge is 0.228 e. The molecule has 0 spiro atoms. The van der Waals surface area contributed by atoms with E-state index in [0.29, 0.717) is 6.04 Å². The van der Waals surface area contributed by atoms with Crippen LogP contribution in [-0.2, 0) is 0 Å². The average Bonchev–Trinajstić information content (AvgIpc) is 3.27. The molecular weight excluding hydrogens is 383 g/mol. The number of halogens is 1. The van der Waals surface area contributed by atoms with Crippen LogP contribution in [0, 0.1) is 5.82 Å². The largest absolute Gasteiger partial charge is 0.367 e. The van der Waals surface area contributed by atoms with Gasteiger partial charge in [-0.05, 0) is 42.7 Å². The van der Waals surface area contributed by atoms with Crippen LogP contribution in [0.25, 0.3) is 10.9 Å². The van der Waals surface area contributed by atoms with Gasteiger partial charge >= 0.3 is 0 Å². The lowest BCUT2D eigenvalue weighted by molar-refractivity contribution is 0.622. The van der Waals surface area contributed by atoms with Crippen LogP contribution in [-0.4, -0.2) is 34.1 Å². The predicted molar refractivity (Wildman–Crippen MR) is 119 cm³/mol. The van der Waals surface area contributed by atoms with Crippen LogP contribution in [0.3, 0.4) is 0 Å². The van der Waals surface area contributed by atoms with Gasteiger partial charge < -0.3 is 10.2 Å². The molecule has 0 radical (unpaired) electrons. The van der Waals surface area contributed by atoms with E-state index in [0.717, 1.165) is 46.3 Å². The van der Waals surface area contributed by atoms with Crippen molar-refractivity contribution < 1.29 is 4.39 Å². The zero-order valence-electron chi connectivity index (χ0n) is 16.4. The number of hydrogen-bond acceptors (Lipinski definition) is 5. The fourth-order valence-corrected chi connectivity index (χ4v) is 5.46. The summed E-state index contributed by atoms with van der Waals surface area (Å²) in [6.07, 6.45) is 4.96. The molecule has 1 aliphatic heterocycles. The molecule has 1 atom stereocenters. The molecule has 0 amide bonds. The second-order valence-corrected chi connectivity index (χ2v) is 9.00. The van der Waals surface area contributed by atoms with Crippen LogP contribution in [0.2, 0.25) is 0 Å². The van der Waals surface area contributed by atoms with Gasteiger partial charge in [0.05, 0.1) is 11.6 Å². The van der Waals surface area contributed by atoms with Crippen molar-refractivity contribution in [2.75, 3.05) is 28.3 Å². The average molecular weight is 409 g/mol. The highest BCUT2D eigenvalue weighted by atomic mass is 32.2. The van der Waals surface area contributed by atoms with Crippen molar-refractivity contribution in [2.45, 2.75) is 37.8 Å². The highest BCUT2D eigenvalue weighted by molar-refractivity contribution is 7.99. The molecule has 1 aliphatic carbocycles. The van der Waals surface area contributed by atoms with Crippen molar-refractivity contribution in [3.8, 4) is 0 Å². The van der Waals surface area contributed by atoms with E-state index >= 15 is 0 Å². The van der Waals surface area contributed by atoms with Gasteiger partial charge in [0.1, 0.15) is 11.6 Å². The lowest BCUT2D eigenvalue weighted by Crippen LogP contribution is -2.37. The Morgan fingerprint density at radius 3 is 2.62 bits per heavy atom. The molecule has 5 rings (SSSR count). The Bertz CT molecular complexity index is 988. The number of nitrogens with zero attached hydrogens (tertiary/aromatic N) is 3. The van der Waals surface area contributed by atoms with Crippen molar-refractivity contribution in [3.63, 3.8) is 0 Å². The number of rotatable bonds is 4. The topological polar surface area (TPSA) is 41.1 Å². The molecule has 1 saturated carbocycles. The number of para-hydroxylation sites is 1. The summed E-state index contributed by atoms with van der Waals surface area (Å²) < 4.78 is 13.4. The molecule has 1 saturated heterocycles. The zero-order valence-corrected chi connectivity index (χ0v) is 17.2. The van der Waals surface area contributed by atoms with Crippen LogP contribution in [0.1, 0.15) is 37.3 Å². The van der Waals surface area contributed by atoms with E-state index in [4.69, 9.17) is 9.97 Å². The fourth-order valence-electron chi connectivity index (χ4n) is 4.37. The Labute approximate surface area is 174 Å². The van der Waals surface area contributed by atoms with Gasteiger partial charge in [-0.3, -0.25) is 0 Å². The lowest BCUT2D eigenvalue weighted by Gasteiger charge is -2.36. The summed E-state index contributed by atoms with van der Waals surface area (Å²) in [5, 5.41) is 4.77. The summed E-state index contributed by atoms with van der Waals surface area (Å²) in [4.78, 5) is 12.2. The normalized spacial score (nSPS) is 20.3. The van der Waals surface area contributed by atoms with E-state index < -0.39 is 0 Å². The predicted octanol–water partition coefficient (Wildman–Crippen LogP) is 5.42. The summed E-state index contributed by atoms with van der Waals surface area (Å²) in [6, 6.07) is 15.7. The molecule has 0 bridgehead atoms. The van der Waals surface area contributed by atoms with Gasteiger partial charge in [-0.1, -0.05) is 37.1 Å². The van der Waals surface area contributed by atoms with Crippen molar-refractivity contribution in [2.24, 2.45) is 0 Å². The fraction of sp³-hybridized carbons (Fsp3) is 0.391. The number of hydrogen-bond donors (Lipinski definition) is 1. The first kappa shape index (κ1) is 18.7. The van der Waals surface area contributed by atoms with E-state index in [1.807, 2.05) is 36.0 Å². The summed E-state index contributed by atoms with van der Waals surface area (Å²) in [6.45, 7) is 0.883. The van der Waals surface area contributed by atoms with E-state index in [-0.39, 0.29) is 11.9 Å². The first-order valence-electron chi connectivity index (χ1n) is 10.4. The molecular formula is C23H25FN4S. The second kappa shape index (κ2) is 8.19. The van der Waals surface area contributed by atoms with E-state index in [9.17, 15) is 4.39 Å². The Hall–Kier alpha value is -2.34. The van der Waals surface area contributed by atoms with Crippen molar-refractivity contribution in [1.82, 2.24) is 9.97 Å². The maximum atomic E-state index is 13.4. The molecule has 2 fully saturated rings. The van der Waals surface area contributed by atoms with Gasteiger partial charge in [-0.15, -0.1) is 0 Å². The van der Waals surface area contributed by atoms with Crippen molar-refractivity contribution in [3.05, 3.63) is 59.9 Å². The molecule has 1 N–H and O–H groups in total. The van der Waals surface area contributed by atoms with Gasteiger partial charge in [0.15, 0.2) is 0 Å². The van der Waals surface area contributed by atoms with Crippen LogP contribution >= 0.6 is 11.8 Å². The molecule has 29 heavy (non-hydrogen) atoms. The molecule has 1 unspecified atom stereocenters. The molecule has 2 heterocycles. The van der Waals surface area contributed by atoms with Crippen molar-refractivity contribution in [1.29, 1.82) is 0 Å². The van der Waals surface area contributed by atoms with E-state index in [1.54, 1.807) is 12.1 Å². The third-order valence-electron chi connectivity index (χ3n) is 5.93. The number of benzene rings is 2. The monoisotopic (exact) mass is 408 g/mol. The summed E-state index contributed by atoms with van der Waals surface area (Å²) in [7, 11) is 0. The molecule has 1 aromatic heterocycles. The minimum absolute atomic E-state index is 0.148. The van der Waals surface area contributed by atoms with E-state index in [1.165, 1.54) is 25.7 Å². The molecule has 2 aliphatic rings. The first-order valence-corrected chi connectivity index (χ1v) is 11.6. The Morgan fingerprint density at radius 2 is 1.79 bits per heavy atom. The number of thioether (sulfide) groups is 1. The minimum Gasteiger partial charge on any atom is -0.367 e. The van der Waals surface area contributed by atoms with Crippen LogP contribution < -0.4 is 10.2 Å². The highest BCUT2D eigenvalue weighted by Crippen LogP contribution is 2.35. The maximum absolute atomic E-state index is 13.4. The van der Waals surface area contributed by atoms with Gasteiger partial charge in [0.25, 0.3) is 0 Å². The summed E-state index contributed by atoms with van der Waals surface area (Å²) >= 11 is 1.93. The molecule has 150 valence electrons. The lowest BCUT2D eigenvalue weighted by atomic mass is 10.1. The van der Waals surface area contributed by atoms with Gasteiger partial charge in [0.2, 0.25) is 5.95 Å². The first-order chi connectivity index (χ1) is 14.3. The third-order valence-corrected chi connectivity index (χ3v) is 6.95. The minimum atomic E-state index is -0.200. The molecule has 2 aromatic carbocycles. The standard InChI is InChI=1S/C23H25FN4S/c24-17-11-9-16(10-12-17)21-15-29-14-13-28(21)23-26-20-8-4-3-7-19(20)22(27-23)25-18-5-1-2-6-18/h3-4,7-12,18,21H,1-2,5-6,13-15H2,(H,25,26,27). The van der Waals surface area contributed by atoms with Crippen LogP contribution in [0.4, 0.5) is 16.2 Å². The van der Waals surface area contributed by atoms with Gasteiger partial charge in [-0.2, -0.15) is 16.7 Å². The molecule has 4 nitrogen and oxygen atoms in total. The van der Waals surface area contributed by atoms with Gasteiger partial charge in [0, 0.05) is 29.5 Å². The summed E-state index contributed by atoms with van der Waals surface area (Å²) in [5.74, 6) is 3.49. The quantitative estimate of drug-likeness (QED) is 0.624. The Morgan fingerprint density at radius 1 is 1.00 bits per heavy atom. The Balaban J connectivity index is 1.54. The SMILES string of the molecule is Fc1ccc(C2CSCCN2c2nc(NC3CCCC3)c3ccccc3n2)cc1. The number of nitrogens with one attached hydrogen (secondary N) is 1. The van der Waals surface area contributed by atoms with Crippen LogP contribution in [0.15, 0.2) is 48.5 Å². The second-order valence-electron chi connectivity index (χ2n) is 7.85. The molecule has 3 aromatic rings. The highest BCUT2D eigenvalue weighted by Gasteiger charge is 2.28. The van der Waals surface area contributed by atoms with Gasteiger partial charge in [-0.25, -0.2) is 9.37 Å². The molecule has 6 heteroatoms. The summed E-state index contributed by atoms with van der Waals surface area (Å²) in [5.41, 5.74) is 2.08. The van der Waals surface area contributed by atoms with Crippen molar-refractivity contribution >= 4 is 34.4 Å².